The third-order valence-electron chi connectivity index (χ3n) is 3.53. The molecule has 3 N–H and O–H groups in total. The summed E-state index contributed by atoms with van der Waals surface area (Å²) in [5.41, 5.74) is 6.66. The second-order valence-corrected chi connectivity index (χ2v) is 4.54. The van der Waals surface area contributed by atoms with E-state index in [0.29, 0.717) is 24.9 Å². The molecule has 2 rings (SSSR count). The van der Waals surface area contributed by atoms with Gasteiger partial charge in [0, 0.05) is 12.1 Å². The summed E-state index contributed by atoms with van der Waals surface area (Å²) in [6.45, 7) is 0.214. The molecule has 1 saturated heterocycles. The number of nitrogen functional groups attached to an aromatic ring is 1. The van der Waals surface area contributed by atoms with Gasteiger partial charge in [-0.1, -0.05) is 19.1 Å². The number of piperidine rings is 1. The predicted molar refractivity (Wildman–Crippen MR) is 72.3 cm³/mol. The molecule has 0 bridgehead atoms. The lowest BCUT2D eigenvalue weighted by atomic mass is 9.72. The number of hydrogen-bond donors (Lipinski definition) is 2. The smallest absolute Gasteiger partial charge is 0.237 e. The molecular formula is C14H18F2N2O2. The van der Waals surface area contributed by atoms with E-state index >= 15 is 0 Å². The third-order valence-corrected chi connectivity index (χ3v) is 3.53. The number of nitrogens with one attached hydrogen (secondary N) is 1. The molecule has 1 aromatic carbocycles. The van der Waals surface area contributed by atoms with Crippen LogP contribution in [-0.2, 0) is 15.0 Å². The molecule has 1 fully saturated rings. The standard InChI is InChI=1S/C13H16N2O2.CH2F2/c1-2-13(8-7-11(16)15-12(13)17)9-3-5-10(14)6-4-9;2-1-3/h3-6H,2,7-8,14H2,1H3,(H,15,16,17);1H2. The maximum Gasteiger partial charge on any atom is 0.237 e. The Morgan fingerprint density at radius 1 is 1.25 bits per heavy atom. The molecule has 4 nitrogen and oxygen atoms in total. The van der Waals surface area contributed by atoms with Crippen molar-refractivity contribution in [3.63, 3.8) is 0 Å². The highest BCUT2D eigenvalue weighted by Gasteiger charge is 2.42. The van der Waals surface area contributed by atoms with Gasteiger partial charge < -0.3 is 5.73 Å². The minimum absolute atomic E-state index is 0.186. The van der Waals surface area contributed by atoms with Gasteiger partial charge in [0.2, 0.25) is 18.7 Å². The number of hydrogen-bond acceptors (Lipinski definition) is 3. The Kier molecular flexibility index (Phi) is 5.61. The Balaban J connectivity index is 0.000000612. The van der Waals surface area contributed by atoms with Gasteiger partial charge in [0.05, 0.1) is 5.41 Å². The fraction of sp³-hybridized carbons (Fsp3) is 0.429. The first-order valence-electron chi connectivity index (χ1n) is 6.32. The van der Waals surface area contributed by atoms with Gasteiger partial charge in [-0.3, -0.25) is 14.9 Å². The fourth-order valence-corrected chi connectivity index (χ4v) is 2.37. The number of imide groups is 1. The Bertz CT molecular complexity index is 477. The molecule has 0 aliphatic carbocycles. The van der Waals surface area contributed by atoms with Crippen LogP contribution in [0.2, 0.25) is 0 Å². The molecule has 1 unspecified atom stereocenters. The Hall–Kier alpha value is -1.98. The van der Waals surface area contributed by atoms with Gasteiger partial charge in [-0.25, -0.2) is 8.78 Å². The molecule has 1 atom stereocenters. The van der Waals surface area contributed by atoms with Crippen LogP contribution in [0.25, 0.3) is 0 Å². The van der Waals surface area contributed by atoms with Gasteiger partial charge in [-0.2, -0.15) is 0 Å². The van der Waals surface area contributed by atoms with Crippen LogP contribution < -0.4 is 11.1 Å². The van der Waals surface area contributed by atoms with Gasteiger partial charge in [0.15, 0.2) is 0 Å². The zero-order chi connectivity index (χ0) is 15.2. The van der Waals surface area contributed by atoms with Gasteiger partial charge >= 0.3 is 0 Å². The van der Waals surface area contributed by atoms with Gasteiger partial charge in [0.25, 0.3) is 0 Å². The summed E-state index contributed by atoms with van der Waals surface area (Å²) >= 11 is 0. The molecular weight excluding hydrogens is 266 g/mol. The van der Waals surface area contributed by atoms with Crippen molar-refractivity contribution in [1.29, 1.82) is 0 Å². The lowest BCUT2D eigenvalue weighted by Crippen LogP contribution is -2.51. The summed E-state index contributed by atoms with van der Waals surface area (Å²) in [4.78, 5) is 23.3. The highest BCUT2D eigenvalue weighted by Crippen LogP contribution is 2.35. The summed E-state index contributed by atoms with van der Waals surface area (Å²) in [6, 6.07) is 7.31. The lowest BCUT2D eigenvalue weighted by Gasteiger charge is -2.34. The van der Waals surface area contributed by atoms with E-state index in [4.69, 9.17) is 5.73 Å². The minimum Gasteiger partial charge on any atom is -0.399 e. The molecule has 0 spiro atoms. The summed E-state index contributed by atoms with van der Waals surface area (Å²) in [5, 5.41) is 2.43. The van der Waals surface area contributed by atoms with Crippen LogP contribution in [0.4, 0.5) is 14.5 Å². The van der Waals surface area contributed by atoms with Crippen molar-refractivity contribution in [1.82, 2.24) is 5.32 Å². The predicted octanol–water partition coefficient (Wildman–Crippen LogP) is 2.24. The topological polar surface area (TPSA) is 72.2 Å². The van der Waals surface area contributed by atoms with E-state index in [0.717, 1.165) is 5.56 Å². The molecule has 6 heteroatoms. The quantitative estimate of drug-likeness (QED) is 0.646. The largest absolute Gasteiger partial charge is 0.399 e. The van der Waals surface area contributed by atoms with Crippen LogP contribution in [0.3, 0.4) is 0 Å². The maximum absolute atomic E-state index is 12.1. The first kappa shape index (κ1) is 16.1. The second kappa shape index (κ2) is 6.98. The molecule has 110 valence electrons. The fourth-order valence-electron chi connectivity index (χ4n) is 2.37. The average Bonchev–Trinajstić information content (AvgIpc) is 2.42. The summed E-state index contributed by atoms with van der Waals surface area (Å²) in [6.07, 6.45) is 1.64. The average molecular weight is 284 g/mol. The van der Waals surface area contributed by atoms with E-state index in [1.807, 2.05) is 19.1 Å². The zero-order valence-electron chi connectivity index (χ0n) is 11.3. The molecule has 0 radical (unpaired) electrons. The number of rotatable bonds is 2. The normalized spacial score (nSPS) is 21.8. The number of anilines is 1. The number of nitrogens with two attached hydrogens (primary N) is 1. The SMILES string of the molecule is CCC1(c2ccc(N)cc2)CCC(=O)NC1=O.FCF. The van der Waals surface area contributed by atoms with E-state index < -0.39 is 12.3 Å². The van der Waals surface area contributed by atoms with Crippen molar-refractivity contribution in [3.8, 4) is 0 Å². The van der Waals surface area contributed by atoms with Gasteiger partial charge in [-0.05, 0) is 30.5 Å². The first-order chi connectivity index (χ1) is 9.50. The van der Waals surface area contributed by atoms with Crippen LogP contribution in [0, 0.1) is 0 Å². The van der Waals surface area contributed by atoms with Crippen LogP contribution in [0.1, 0.15) is 31.7 Å². The number of alkyl halides is 2. The summed E-state index contributed by atoms with van der Waals surface area (Å²) in [5.74, 6) is -0.379. The Labute approximate surface area is 116 Å². The van der Waals surface area contributed by atoms with E-state index in [1.165, 1.54) is 0 Å². The summed E-state index contributed by atoms with van der Waals surface area (Å²) in [7, 11) is 0. The number of amides is 2. The Morgan fingerprint density at radius 3 is 2.25 bits per heavy atom. The van der Waals surface area contributed by atoms with E-state index in [1.54, 1.807) is 12.1 Å². The third kappa shape index (κ3) is 3.31. The van der Waals surface area contributed by atoms with E-state index in [9.17, 15) is 18.4 Å². The highest BCUT2D eigenvalue weighted by atomic mass is 19.3. The van der Waals surface area contributed by atoms with Crippen LogP contribution in [0.5, 0.6) is 0 Å². The maximum atomic E-state index is 12.1. The highest BCUT2D eigenvalue weighted by molar-refractivity contribution is 6.03. The Morgan fingerprint density at radius 2 is 1.80 bits per heavy atom. The van der Waals surface area contributed by atoms with Crippen LogP contribution in [0.15, 0.2) is 24.3 Å². The van der Waals surface area contributed by atoms with E-state index in [-0.39, 0.29) is 11.8 Å². The molecule has 1 aliphatic heterocycles. The molecule has 1 aromatic rings. The summed E-state index contributed by atoms with van der Waals surface area (Å²) < 4.78 is 19.2. The van der Waals surface area contributed by atoms with Crippen LogP contribution >= 0.6 is 0 Å². The molecule has 20 heavy (non-hydrogen) atoms. The molecule has 1 aliphatic rings. The monoisotopic (exact) mass is 284 g/mol. The zero-order valence-corrected chi connectivity index (χ0v) is 11.3. The van der Waals surface area contributed by atoms with Crippen molar-refractivity contribution in [2.75, 3.05) is 12.7 Å². The number of halogens is 2. The number of benzene rings is 1. The molecule has 2 amide bonds. The van der Waals surface area contributed by atoms with E-state index in [2.05, 4.69) is 5.32 Å². The number of carbonyl (C=O) groups is 2. The first-order valence-corrected chi connectivity index (χ1v) is 6.32. The van der Waals surface area contributed by atoms with Crippen molar-refractivity contribution in [2.24, 2.45) is 0 Å². The van der Waals surface area contributed by atoms with Gasteiger partial charge in [-0.15, -0.1) is 0 Å². The lowest BCUT2D eigenvalue weighted by molar-refractivity contribution is -0.138. The van der Waals surface area contributed by atoms with Crippen molar-refractivity contribution >= 4 is 17.5 Å². The molecule has 0 saturated carbocycles. The van der Waals surface area contributed by atoms with Gasteiger partial charge in [0.1, 0.15) is 0 Å². The van der Waals surface area contributed by atoms with Crippen molar-refractivity contribution < 1.29 is 18.4 Å². The van der Waals surface area contributed by atoms with Crippen molar-refractivity contribution in [3.05, 3.63) is 29.8 Å². The van der Waals surface area contributed by atoms with Crippen LogP contribution in [-0.4, -0.2) is 18.7 Å². The van der Waals surface area contributed by atoms with Crippen molar-refractivity contribution in [2.45, 2.75) is 31.6 Å². The second-order valence-electron chi connectivity index (χ2n) is 4.54. The molecule has 0 aromatic heterocycles. The minimum atomic E-state index is -1.75. The molecule has 1 heterocycles. The number of carbonyl (C=O) groups excluding carboxylic acids is 2.